The van der Waals surface area contributed by atoms with Crippen molar-refractivity contribution in [2.45, 2.75) is 6.92 Å². The van der Waals surface area contributed by atoms with Gasteiger partial charge in [-0.2, -0.15) is 0 Å². The molecule has 2 heteroatoms. The highest BCUT2D eigenvalue weighted by atomic mass is 14.7. The van der Waals surface area contributed by atoms with E-state index in [1.807, 2.05) is 6.92 Å². The van der Waals surface area contributed by atoms with Gasteiger partial charge in [0.05, 0.1) is 11.4 Å². The molecule has 0 spiro atoms. The van der Waals surface area contributed by atoms with Gasteiger partial charge in [-0.15, -0.1) is 0 Å². The summed E-state index contributed by atoms with van der Waals surface area (Å²) in [5.41, 5.74) is 6.87. The van der Waals surface area contributed by atoms with Crippen molar-refractivity contribution in [3.8, 4) is 0 Å². The Bertz CT molecular complexity index is 163. The summed E-state index contributed by atoms with van der Waals surface area (Å²) < 4.78 is 0. The molecule has 0 amide bonds. The molecular formula is C6H7N2. The average Bonchev–Trinajstić information content (AvgIpc) is 1.77. The summed E-state index contributed by atoms with van der Waals surface area (Å²) in [5, 5.41) is 0. The Morgan fingerprint density at radius 2 is 2.50 bits per heavy atom. The molecule has 1 aromatic rings. The summed E-state index contributed by atoms with van der Waals surface area (Å²) in [6, 6.07) is 4.51. The second kappa shape index (κ2) is 1.82. The molecule has 1 aromatic heterocycles. The number of hydrogen-bond acceptors (Lipinski definition) is 2. The number of nitrogens with two attached hydrogens (primary N) is 1. The molecule has 0 unspecified atom stereocenters. The van der Waals surface area contributed by atoms with E-state index in [9.17, 15) is 0 Å². The Labute approximate surface area is 48.4 Å². The van der Waals surface area contributed by atoms with Crippen molar-refractivity contribution in [2.75, 3.05) is 5.73 Å². The van der Waals surface area contributed by atoms with Crippen molar-refractivity contribution in [1.82, 2.24) is 4.98 Å². The summed E-state index contributed by atoms with van der Waals surface area (Å²) >= 11 is 0. The Balaban J connectivity index is 3.13. The van der Waals surface area contributed by atoms with Crippen LogP contribution in [0.1, 0.15) is 5.69 Å². The zero-order valence-electron chi connectivity index (χ0n) is 4.68. The van der Waals surface area contributed by atoms with Crippen LogP contribution in [0.4, 0.5) is 5.69 Å². The van der Waals surface area contributed by atoms with Crippen LogP contribution in [0.15, 0.2) is 12.3 Å². The van der Waals surface area contributed by atoms with Gasteiger partial charge in [0.15, 0.2) is 0 Å². The van der Waals surface area contributed by atoms with E-state index in [2.05, 4.69) is 11.1 Å². The standard InChI is InChI=1S/C6H7N2/c1-5-6(7)3-2-4-8-5/h2,4H,7H2,1H3. The van der Waals surface area contributed by atoms with Crippen LogP contribution in [0.5, 0.6) is 0 Å². The fourth-order valence-electron chi connectivity index (χ4n) is 0.450. The number of nitrogens with zero attached hydrogens (tertiary/aromatic N) is 1. The molecule has 2 N–H and O–H groups in total. The molecule has 0 saturated heterocycles. The van der Waals surface area contributed by atoms with Crippen LogP contribution in [-0.2, 0) is 0 Å². The summed E-state index contributed by atoms with van der Waals surface area (Å²) in [4.78, 5) is 3.92. The van der Waals surface area contributed by atoms with E-state index < -0.39 is 0 Å². The monoisotopic (exact) mass is 107 g/mol. The van der Waals surface area contributed by atoms with E-state index in [1.54, 1.807) is 12.3 Å². The lowest BCUT2D eigenvalue weighted by molar-refractivity contribution is 1.20. The maximum absolute atomic E-state index is 5.40. The number of aryl methyl sites for hydroxylation is 1. The van der Waals surface area contributed by atoms with Gasteiger partial charge in [-0.25, -0.2) is 0 Å². The number of nitrogen functional groups attached to an aromatic ring is 1. The number of aromatic nitrogens is 1. The van der Waals surface area contributed by atoms with E-state index in [4.69, 9.17) is 5.73 Å². The molecular weight excluding hydrogens is 100 g/mol. The summed E-state index contributed by atoms with van der Waals surface area (Å²) in [7, 11) is 0. The van der Waals surface area contributed by atoms with Crippen molar-refractivity contribution in [2.24, 2.45) is 0 Å². The first-order valence-electron chi connectivity index (χ1n) is 2.39. The van der Waals surface area contributed by atoms with Crippen molar-refractivity contribution < 1.29 is 0 Å². The topological polar surface area (TPSA) is 38.9 Å². The van der Waals surface area contributed by atoms with Gasteiger partial charge in [0.2, 0.25) is 0 Å². The molecule has 0 atom stereocenters. The van der Waals surface area contributed by atoms with Gasteiger partial charge in [-0.3, -0.25) is 4.98 Å². The smallest absolute Gasteiger partial charge is 0.0610 e. The first-order chi connectivity index (χ1) is 3.80. The molecule has 1 radical (unpaired) electrons. The molecule has 0 aliphatic heterocycles. The zero-order chi connectivity index (χ0) is 5.98. The molecule has 0 aliphatic rings. The van der Waals surface area contributed by atoms with Gasteiger partial charge in [0.25, 0.3) is 0 Å². The lowest BCUT2D eigenvalue weighted by atomic mass is 10.3. The van der Waals surface area contributed by atoms with E-state index in [0.717, 1.165) is 5.69 Å². The Morgan fingerprint density at radius 3 is 2.88 bits per heavy atom. The van der Waals surface area contributed by atoms with Crippen molar-refractivity contribution in [3.05, 3.63) is 24.0 Å². The highest BCUT2D eigenvalue weighted by Crippen LogP contribution is 2.01. The van der Waals surface area contributed by atoms with Gasteiger partial charge in [-0.1, -0.05) is 0 Å². The Kier molecular flexibility index (Phi) is 1.16. The Hall–Kier alpha value is -1.05. The van der Waals surface area contributed by atoms with Crippen molar-refractivity contribution in [1.29, 1.82) is 0 Å². The second-order valence-electron chi connectivity index (χ2n) is 1.59. The predicted octanol–water partition coefficient (Wildman–Crippen LogP) is 0.772. The average molecular weight is 107 g/mol. The first-order valence-corrected chi connectivity index (χ1v) is 2.39. The molecule has 1 rings (SSSR count). The summed E-state index contributed by atoms with van der Waals surface area (Å²) in [5.74, 6) is 0. The predicted molar refractivity (Wildman–Crippen MR) is 32.2 cm³/mol. The minimum Gasteiger partial charge on any atom is -0.397 e. The van der Waals surface area contributed by atoms with Crippen LogP contribution >= 0.6 is 0 Å². The van der Waals surface area contributed by atoms with Crippen LogP contribution < -0.4 is 5.73 Å². The molecule has 0 bridgehead atoms. The van der Waals surface area contributed by atoms with Gasteiger partial charge < -0.3 is 5.73 Å². The lowest BCUT2D eigenvalue weighted by Gasteiger charge is -1.92. The van der Waals surface area contributed by atoms with Crippen LogP contribution in [0.3, 0.4) is 0 Å². The SMILES string of the molecule is Cc1ncc[c]c1N. The van der Waals surface area contributed by atoms with E-state index in [1.165, 1.54) is 0 Å². The van der Waals surface area contributed by atoms with Gasteiger partial charge in [0.1, 0.15) is 0 Å². The maximum atomic E-state index is 5.40. The Morgan fingerprint density at radius 1 is 1.75 bits per heavy atom. The maximum Gasteiger partial charge on any atom is 0.0610 e. The van der Waals surface area contributed by atoms with Crippen LogP contribution in [0.2, 0.25) is 0 Å². The summed E-state index contributed by atoms with van der Waals surface area (Å²) in [6.45, 7) is 1.85. The third-order valence-corrected chi connectivity index (χ3v) is 0.971. The highest BCUT2D eigenvalue weighted by molar-refractivity contribution is 5.39. The van der Waals surface area contributed by atoms with E-state index >= 15 is 0 Å². The minimum absolute atomic E-state index is 0.632. The number of rotatable bonds is 0. The molecule has 1 heterocycles. The van der Waals surface area contributed by atoms with Crippen molar-refractivity contribution >= 4 is 5.69 Å². The highest BCUT2D eigenvalue weighted by Gasteiger charge is 1.87. The van der Waals surface area contributed by atoms with Gasteiger partial charge in [0, 0.05) is 12.3 Å². The fourth-order valence-corrected chi connectivity index (χ4v) is 0.450. The number of hydrogen-bond donors (Lipinski definition) is 1. The van der Waals surface area contributed by atoms with Gasteiger partial charge in [-0.05, 0) is 13.0 Å². The van der Waals surface area contributed by atoms with Crippen LogP contribution in [-0.4, -0.2) is 4.98 Å². The van der Waals surface area contributed by atoms with Gasteiger partial charge >= 0.3 is 0 Å². The zero-order valence-corrected chi connectivity index (χ0v) is 4.68. The normalized spacial score (nSPS) is 9.12. The first kappa shape index (κ1) is 5.09. The lowest BCUT2D eigenvalue weighted by Crippen LogP contribution is -1.90. The molecule has 0 saturated carbocycles. The second-order valence-corrected chi connectivity index (χ2v) is 1.59. The van der Waals surface area contributed by atoms with E-state index in [0.29, 0.717) is 5.69 Å². The fraction of sp³-hybridized carbons (Fsp3) is 0.167. The molecule has 0 fully saturated rings. The van der Waals surface area contributed by atoms with E-state index in [-0.39, 0.29) is 0 Å². The molecule has 0 aliphatic carbocycles. The third-order valence-electron chi connectivity index (χ3n) is 0.971. The van der Waals surface area contributed by atoms with Crippen LogP contribution in [0.25, 0.3) is 0 Å². The number of pyridine rings is 1. The molecule has 41 valence electrons. The molecule has 2 nitrogen and oxygen atoms in total. The molecule has 0 aromatic carbocycles. The largest absolute Gasteiger partial charge is 0.397 e. The number of anilines is 1. The van der Waals surface area contributed by atoms with Crippen molar-refractivity contribution in [3.63, 3.8) is 0 Å². The third kappa shape index (κ3) is 0.780. The van der Waals surface area contributed by atoms with Crippen LogP contribution in [0, 0.1) is 13.0 Å². The summed E-state index contributed by atoms with van der Waals surface area (Å²) in [6.07, 6.45) is 1.67. The molecule has 8 heavy (non-hydrogen) atoms. The quantitative estimate of drug-likeness (QED) is 0.532. The minimum atomic E-state index is 0.632.